The molecule has 0 spiro atoms. The molecule has 4 heteroatoms. The summed E-state index contributed by atoms with van der Waals surface area (Å²) in [4.78, 5) is 13.0. The first-order valence-corrected chi connectivity index (χ1v) is 12.6. The third-order valence-corrected chi connectivity index (χ3v) is 7.26. The molecule has 1 saturated carbocycles. The molecular weight excluding hydrogens is 436 g/mol. The predicted molar refractivity (Wildman–Crippen MR) is 137 cm³/mol. The molecule has 1 aliphatic heterocycles. The summed E-state index contributed by atoms with van der Waals surface area (Å²) in [5.41, 5.74) is 3.95. The lowest BCUT2D eigenvalue weighted by molar-refractivity contribution is 0.0176. The minimum Gasteiger partial charge on any atom is -0.458 e. The molecule has 3 aromatic rings. The monoisotopic (exact) mass is 468 g/mol. The van der Waals surface area contributed by atoms with Gasteiger partial charge in [-0.2, -0.15) is 0 Å². The maximum absolute atomic E-state index is 13.0. The maximum atomic E-state index is 13.0. The molecule has 5 atom stereocenters. The molecule has 1 aliphatic carbocycles. The van der Waals surface area contributed by atoms with Crippen LogP contribution >= 0.6 is 0 Å². The molecule has 0 radical (unpaired) electrons. The zero-order valence-corrected chi connectivity index (χ0v) is 19.8. The molecule has 1 N–H and O–H groups in total. The molecule has 0 amide bonds. The molecule has 180 valence electrons. The van der Waals surface area contributed by atoms with Crippen LogP contribution in [0.4, 0.5) is 0 Å². The van der Waals surface area contributed by atoms with Gasteiger partial charge in [0.1, 0.15) is 6.10 Å². The van der Waals surface area contributed by atoms with Gasteiger partial charge in [-0.25, -0.2) is 4.79 Å². The van der Waals surface area contributed by atoms with Crippen LogP contribution in [0.3, 0.4) is 0 Å². The van der Waals surface area contributed by atoms with Crippen molar-refractivity contribution in [3.05, 3.63) is 108 Å². The highest BCUT2D eigenvalue weighted by molar-refractivity contribution is 5.90. The summed E-state index contributed by atoms with van der Waals surface area (Å²) < 4.78 is 11.9. The molecule has 35 heavy (non-hydrogen) atoms. The van der Waals surface area contributed by atoms with Crippen LogP contribution in [0.1, 0.15) is 35.2 Å². The Balaban J connectivity index is 1.22. The number of fused-ring (bicyclic) bond motifs is 1. The van der Waals surface area contributed by atoms with Crippen LogP contribution in [-0.4, -0.2) is 36.0 Å². The highest BCUT2D eigenvalue weighted by Gasteiger charge is 2.47. The lowest BCUT2D eigenvalue weighted by Gasteiger charge is -2.21. The van der Waals surface area contributed by atoms with Crippen molar-refractivity contribution in [2.45, 2.75) is 44.0 Å². The average molecular weight is 469 g/mol. The van der Waals surface area contributed by atoms with Crippen LogP contribution in [0.25, 0.3) is 11.1 Å². The topological polar surface area (TPSA) is 55.8 Å². The lowest BCUT2D eigenvalue weighted by Crippen LogP contribution is -2.24. The van der Waals surface area contributed by atoms with Crippen molar-refractivity contribution in [2.75, 3.05) is 6.61 Å². The molecule has 1 heterocycles. The zero-order valence-electron chi connectivity index (χ0n) is 19.8. The second-order valence-electron chi connectivity index (χ2n) is 9.54. The fourth-order valence-corrected chi connectivity index (χ4v) is 5.35. The van der Waals surface area contributed by atoms with E-state index < -0.39 is 6.10 Å². The van der Waals surface area contributed by atoms with Crippen LogP contribution in [0, 0.1) is 11.8 Å². The molecule has 0 aromatic heterocycles. The minimum atomic E-state index is -0.529. The van der Waals surface area contributed by atoms with E-state index in [9.17, 15) is 9.90 Å². The number of carbonyl (C=O) groups excluding carboxylic acids is 1. The standard InChI is InChI=1S/C31H32O4/c32-26(16-11-22-7-3-1-4-8-22)17-18-27-28-19-20-34-29(28)21-30(27)35-31(33)25-14-12-24(13-15-25)23-9-5-2-6-10-23/h1-10,12-15,17-18,26-30,32H,11,16,19-21H2/b18-17+/t26-,27?,28+,29-,30?/m0/s1. The van der Waals surface area contributed by atoms with Gasteiger partial charge >= 0.3 is 5.97 Å². The van der Waals surface area contributed by atoms with Crippen LogP contribution in [-0.2, 0) is 15.9 Å². The van der Waals surface area contributed by atoms with E-state index in [1.165, 1.54) is 5.56 Å². The molecule has 2 unspecified atom stereocenters. The molecule has 0 bridgehead atoms. The number of ether oxygens (including phenoxy) is 2. The highest BCUT2D eigenvalue weighted by atomic mass is 16.5. The van der Waals surface area contributed by atoms with E-state index in [4.69, 9.17) is 9.47 Å². The Morgan fingerprint density at radius 2 is 1.66 bits per heavy atom. The van der Waals surface area contributed by atoms with Gasteiger partial charge in [-0.15, -0.1) is 0 Å². The van der Waals surface area contributed by atoms with Gasteiger partial charge in [0, 0.05) is 18.9 Å². The zero-order chi connectivity index (χ0) is 24.0. The van der Waals surface area contributed by atoms with Gasteiger partial charge in [-0.3, -0.25) is 0 Å². The van der Waals surface area contributed by atoms with Crippen LogP contribution < -0.4 is 0 Å². The number of aryl methyl sites for hydroxylation is 1. The number of aliphatic hydroxyl groups is 1. The van der Waals surface area contributed by atoms with Gasteiger partial charge in [0.25, 0.3) is 0 Å². The van der Waals surface area contributed by atoms with E-state index in [0.717, 1.165) is 30.6 Å². The first-order valence-electron chi connectivity index (χ1n) is 12.6. The number of benzene rings is 3. The summed E-state index contributed by atoms with van der Waals surface area (Å²) in [6.45, 7) is 0.748. The second kappa shape index (κ2) is 11.0. The van der Waals surface area contributed by atoms with Crippen LogP contribution in [0.5, 0.6) is 0 Å². The smallest absolute Gasteiger partial charge is 0.338 e. The molecule has 3 aromatic carbocycles. The summed E-state index contributed by atoms with van der Waals surface area (Å²) in [5.74, 6) is 0.0739. The van der Waals surface area contributed by atoms with E-state index in [2.05, 4.69) is 30.3 Å². The van der Waals surface area contributed by atoms with Gasteiger partial charge in [-0.1, -0.05) is 84.9 Å². The maximum Gasteiger partial charge on any atom is 0.338 e. The number of carbonyl (C=O) groups is 1. The highest BCUT2D eigenvalue weighted by Crippen LogP contribution is 2.43. The molecule has 2 fully saturated rings. The molecule has 1 saturated heterocycles. The van der Waals surface area contributed by atoms with Crippen molar-refractivity contribution in [1.82, 2.24) is 0 Å². The Bertz CT molecular complexity index is 1120. The lowest BCUT2D eigenvalue weighted by atomic mass is 9.91. The Hall–Kier alpha value is -3.21. The summed E-state index contributed by atoms with van der Waals surface area (Å²) in [7, 11) is 0. The fraction of sp³-hybridized carbons (Fsp3) is 0.323. The van der Waals surface area contributed by atoms with Crippen molar-refractivity contribution in [3.8, 4) is 11.1 Å². The summed E-state index contributed by atoms with van der Waals surface area (Å²) in [6.07, 6.45) is 6.43. The Labute approximate surface area is 207 Å². The number of rotatable bonds is 8. The van der Waals surface area contributed by atoms with Crippen molar-refractivity contribution in [2.24, 2.45) is 11.8 Å². The van der Waals surface area contributed by atoms with Gasteiger partial charge in [0.05, 0.1) is 17.8 Å². The summed E-state index contributed by atoms with van der Waals surface area (Å²) in [6, 6.07) is 27.9. The molecule has 5 rings (SSSR count). The number of esters is 1. The van der Waals surface area contributed by atoms with Gasteiger partial charge in [0.15, 0.2) is 0 Å². The first-order chi connectivity index (χ1) is 17.2. The summed E-state index contributed by atoms with van der Waals surface area (Å²) in [5, 5.41) is 10.6. The fourth-order valence-electron chi connectivity index (χ4n) is 5.35. The van der Waals surface area contributed by atoms with Crippen LogP contribution in [0.15, 0.2) is 97.1 Å². The SMILES string of the molecule is O=C(OC1C[C@@H]2OCC[C@@H]2C1/C=C/[C@@H](O)CCc1ccccc1)c1ccc(-c2ccccc2)cc1. The largest absolute Gasteiger partial charge is 0.458 e. The third kappa shape index (κ3) is 5.72. The first kappa shape index (κ1) is 23.5. The van der Waals surface area contributed by atoms with E-state index in [0.29, 0.717) is 24.3 Å². The minimum absolute atomic E-state index is 0.0569. The van der Waals surface area contributed by atoms with Crippen molar-refractivity contribution >= 4 is 5.97 Å². The second-order valence-corrected chi connectivity index (χ2v) is 9.54. The normalized spacial score (nSPS) is 24.4. The Morgan fingerprint density at radius 1 is 0.971 bits per heavy atom. The van der Waals surface area contributed by atoms with Gasteiger partial charge in [0.2, 0.25) is 0 Å². The quantitative estimate of drug-likeness (QED) is 0.333. The number of hydrogen-bond donors (Lipinski definition) is 1. The Kier molecular flexibility index (Phi) is 7.41. The van der Waals surface area contributed by atoms with Crippen molar-refractivity contribution in [3.63, 3.8) is 0 Å². The molecular formula is C31H32O4. The molecule has 4 nitrogen and oxygen atoms in total. The van der Waals surface area contributed by atoms with Crippen molar-refractivity contribution in [1.29, 1.82) is 0 Å². The van der Waals surface area contributed by atoms with E-state index >= 15 is 0 Å². The number of hydrogen-bond acceptors (Lipinski definition) is 4. The van der Waals surface area contributed by atoms with Crippen LogP contribution in [0.2, 0.25) is 0 Å². The Morgan fingerprint density at radius 3 is 2.40 bits per heavy atom. The van der Waals surface area contributed by atoms with E-state index in [1.54, 1.807) is 0 Å². The van der Waals surface area contributed by atoms with E-state index in [1.807, 2.05) is 66.7 Å². The van der Waals surface area contributed by atoms with Crippen molar-refractivity contribution < 1.29 is 19.4 Å². The van der Waals surface area contributed by atoms with Gasteiger partial charge < -0.3 is 14.6 Å². The van der Waals surface area contributed by atoms with E-state index in [-0.39, 0.29) is 24.1 Å². The summed E-state index contributed by atoms with van der Waals surface area (Å²) >= 11 is 0. The number of aliphatic hydroxyl groups excluding tert-OH is 1. The molecule has 2 aliphatic rings. The predicted octanol–water partition coefficient (Wildman–Crippen LogP) is 5.85. The third-order valence-electron chi connectivity index (χ3n) is 7.26. The van der Waals surface area contributed by atoms with Gasteiger partial charge in [-0.05, 0) is 54.0 Å². The average Bonchev–Trinajstić information content (AvgIpc) is 3.49.